The fourth-order valence-electron chi connectivity index (χ4n) is 2.68. The minimum absolute atomic E-state index is 0.0291. The van der Waals surface area contributed by atoms with E-state index >= 15 is 0 Å². The summed E-state index contributed by atoms with van der Waals surface area (Å²) in [5.41, 5.74) is 1.42. The number of nitrogens with one attached hydrogen (secondary N) is 2. The molecule has 150 valence electrons. The number of benzene rings is 1. The molecule has 1 atom stereocenters. The number of esters is 2. The van der Waals surface area contributed by atoms with Crippen LogP contribution < -0.4 is 5.32 Å². The van der Waals surface area contributed by atoms with E-state index < -0.39 is 23.9 Å². The number of aromatic nitrogens is 1. The first kappa shape index (κ1) is 20.9. The van der Waals surface area contributed by atoms with Gasteiger partial charge in [0.1, 0.15) is 11.8 Å². The number of hydrogen-bond acceptors (Lipinski definition) is 7. The summed E-state index contributed by atoms with van der Waals surface area (Å²) in [7, 11) is 0. The Kier molecular flexibility index (Phi) is 7.55. The van der Waals surface area contributed by atoms with E-state index in [-0.39, 0.29) is 31.8 Å². The summed E-state index contributed by atoms with van der Waals surface area (Å²) in [6.45, 7) is 3.48. The van der Waals surface area contributed by atoms with Gasteiger partial charge in [0.2, 0.25) is 0 Å². The lowest BCUT2D eigenvalue weighted by molar-refractivity contribution is -0.152. The van der Waals surface area contributed by atoms with Crippen LogP contribution in [0.4, 0.5) is 0 Å². The van der Waals surface area contributed by atoms with Gasteiger partial charge in [0.15, 0.2) is 0 Å². The molecule has 0 aliphatic heterocycles. The first-order valence-electron chi connectivity index (χ1n) is 8.89. The van der Waals surface area contributed by atoms with Crippen molar-refractivity contribution in [2.45, 2.75) is 32.7 Å². The number of hydrogen-bond donors (Lipinski definition) is 3. The monoisotopic (exact) mass is 389 g/mol. The minimum Gasteiger partial charge on any atom is -0.466 e. The largest absolute Gasteiger partial charge is 0.466 e. The Hall–Kier alpha value is -3.36. The van der Waals surface area contributed by atoms with E-state index in [1.807, 2.05) is 24.3 Å². The fourth-order valence-corrected chi connectivity index (χ4v) is 2.68. The van der Waals surface area contributed by atoms with Crippen LogP contribution in [0, 0.1) is 0 Å². The number of H-pyrrole nitrogens is 1. The van der Waals surface area contributed by atoms with Crippen molar-refractivity contribution < 1.29 is 29.1 Å². The molecule has 1 aromatic carbocycles. The van der Waals surface area contributed by atoms with Gasteiger partial charge in [-0.05, 0) is 25.5 Å². The minimum atomic E-state index is -1.24. The summed E-state index contributed by atoms with van der Waals surface area (Å²) >= 11 is 0. The van der Waals surface area contributed by atoms with E-state index in [4.69, 9.17) is 9.47 Å². The second kappa shape index (κ2) is 10.1. The third-order valence-corrected chi connectivity index (χ3v) is 3.97. The predicted molar refractivity (Wildman–Crippen MR) is 101 cm³/mol. The average Bonchev–Trinajstić information content (AvgIpc) is 3.08. The first-order chi connectivity index (χ1) is 13.5. The summed E-state index contributed by atoms with van der Waals surface area (Å²) in [6.07, 6.45) is 1.36. The molecule has 9 nitrogen and oxygen atoms in total. The van der Waals surface area contributed by atoms with Crippen molar-refractivity contribution in [1.29, 1.82) is 0 Å². The average molecular weight is 389 g/mol. The van der Waals surface area contributed by atoms with Gasteiger partial charge in [-0.2, -0.15) is 0 Å². The molecule has 2 aromatic rings. The number of amides is 1. The number of nitrogens with zero attached hydrogens (tertiary/aromatic N) is 1. The molecule has 0 unspecified atom stereocenters. The summed E-state index contributed by atoms with van der Waals surface area (Å²) in [6, 6.07) is 6.23. The van der Waals surface area contributed by atoms with Crippen molar-refractivity contribution in [2.75, 3.05) is 13.2 Å². The molecule has 0 aliphatic rings. The van der Waals surface area contributed by atoms with E-state index in [0.717, 1.165) is 16.5 Å². The van der Waals surface area contributed by atoms with Gasteiger partial charge in [-0.15, -0.1) is 0 Å². The Morgan fingerprint density at radius 2 is 1.89 bits per heavy atom. The highest BCUT2D eigenvalue weighted by Gasteiger charge is 2.28. The Labute approximate surface area is 161 Å². The molecule has 2 rings (SSSR count). The van der Waals surface area contributed by atoms with Crippen molar-refractivity contribution in [2.24, 2.45) is 5.16 Å². The van der Waals surface area contributed by atoms with E-state index in [9.17, 15) is 19.6 Å². The van der Waals surface area contributed by atoms with Crippen molar-refractivity contribution in [3.8, 4) is 0 Å². The molecule has 0 spiro atoms. The summed E-state index contributed by atoms with van der Waals surface area (Å²) in [5, 5.41) is 15.6. The van der Waals surface area contributed by atoms with Crippen LogP contribution in [-0.2, 0) is 30.3 Å². The molecule has 3 N–H and O–H groups in total. The van der Waals surface area contributed by atoms with Crippen molar-refractivity contribution in [3.05, 3.63) is 36.0 Å². The topological polar surface area (TPSA) is 130 Å². The maximum Gasteiger partial charge on any atom is 0.329 e. The van der Waals surface area contributed by atoms with Crippen LogP contribution >= 0.6 is 0 Å². The lowest BCUT2D eigenvalue weighted by Gasteiger charge is -2.16. The maximum atomic E-state index is 12.5. The molecular formula is C19H23N3O6. The quantitative estimate of drug-likeness (QED) is 0.258. The number of carbonyl (C=O) groups excluding carboxylic acids is 3. The second-order valence-electron chi connectivity index (χ2n) is 5.87. The number of aromatic amines is 1. The van der Waals surface area contributed by atoms with Crippen LogP contribution in [0.1, 0.15) is 25.8 Å². The van der Waals surface area contributed by atoms with Crippen molar-refractivity contribution in [3.63, 3.8) is 0 Å². The fraction of sp³-hybridized carbons (Fsp3) is 0.368. The highest BCUT2D eigenvalue weighted by molar-refractivity contribution is 6.39. The number of ether oxygens (including phenoxy) is 2. The number of rotatable bonds is 9. The van der Waals surface area contributed by atoms with Gasteiger partial charge in [0.05, 0.1) is 19.6 Å². The zero-order valence-corrected chi connectivity index (χ0v) is 15.7. The Morgan fingerprint density at radius 3 is 2.57 bits per heavy atom. The summed E-state index contributed by atoms with van der Waals surface area (Å²) in [5.74, 6) is -2.21. The van der Waals surface area contributed by atoms with Crippen LogP contribution in [0.3, 0.4) is 0 Å². The molecule has 28 heavy (non-hydrogen) atoms. The lowest BCUT2D eigenvalue weighted by atomic mass is 10.1. The van der Waals surface area contributed by atoms with Crippen LogP contribution in [0.25, 0.3) is 10.9 Å². The molecule has 1 aromatic heterocycles. The van der Waals surface area contributed by atoms with Crippen LogP contribution in [0.2, 0.25) is 0 Å². The lowest BCUT2D eigenvalue weighted by Crippen LogP contribution is -2.46. The molecular weight excluding hydrogens is 366 g/mol. The summed E-state index contributed by atoms with van der Waals surface area (Å²) in [4.78, 5) is 39.4. The molecule has 9 heteroatoms. The molecule has 0 aliphatic carbocycles. The highest BCUT2D eigenvalue weighted by atomic mass is 16.5. The van der Waals surface area contributed by atoms with Gasteiger partial charge in [-0.25, -0.2) is 4.79 Å². The number of oxime groups is 1. The maximum absolute atomic E-state index is 12.5. The van der Waals surface area contributed by atoms with Crippen LogP contribution in [0.5, 0.6) is 0 Å². The van der Waals surface area contributed by atoms with Gasteiger partial charge in [0.25, 0.3) is 5.91 Å². The molecule has 1 amide bonds. The Bertz CT molecular complexity index is 873. The zero-order chi connectivity index (χ0) is 20.5. The van der Waals surface area contributed by atoms with Crippen LogP contribution in [-0.4, -0.2) is 53.0 Å². The highest BCUT2D eigenvalue weighted by Crippen LogP contribution is 2.18. The molecule has 0 fully saturated rings. The third-order valence-electron chi connectivity index (χ3n) is 3.97. The third kappa shape index (κ3) is 5.32. The van der Waals surface area contributed by atoms with Gasteiger partial charge in [0, 0.05) is 23.5 Å². The molecule has 0 radical (unpaired) electrons. The number of carbonyl (C=O) groups is 3. The number of fused-ring (bicyclic) bond motifs is 1. The van der Waals surface area contributed by atoms with Gasteiger partial charge in [-0.1, -0.05) is 23.4 Å². The number of para-hydroxylation sites is 1. The normalized spacial score (nSPS) is 12.4. The molecule has 0 saturated heterocycles. The predicted octanol–water partition coefficient (Wildman–Crippen LogP) is 1.54. The SMILES string of the molecule is CCOC(=O)C[C@H](NC(=O)C(Cc1c[nH]c2ccccc12)=NO)C(=O)OCC. The van der Waals surface area contributed by atoms with Gasteiger partial charge in [-0.3, -0.25) is 9.59 Å². The van der Waals surface area contributed by atoms with Gasteiger partial charge < -0.3 is 25.0 Å². The Morgan fingerprint density at radius 1 is 1.18 bits per heavy atom. The Balaban J connectivity index is 2.12. The zero-order valence-electron chi connectivity index (χ0n) is 15.7. The van der Waals surface area contributed by atoms with Crippen molar-refractivity contribution in [1.82, 2.24) is 10.3 Å². The second-order valence-corrected chi connectivity index (χ2v) is 5.87. The smallest absolute Gasteiger partial charge is 0.329 e. The standard InChI is InChI=1S/C19H23N3O6/c1-3-27-17(23)10-16(19(25)28-4-2)21-18(24)15(22-26)9-12-11-20-14-8-6-5-7-13(12)14/h5-8,11,16,20,26H,3-4,9-10H2,1-2H3,(H,21,24)/t16-/m0/s1. The molecule has 1 heterocycles. The van der Waals surface area contributed by atoms with Gasteiger partial charge >= 0.3 is 11.9 Å². The van der Waals surface area contributed by atoms with E-state index in [1.165, 1.54) is 0 Å². The molecule has 0 bridgehead atoms. The summed E-state index contributed by atoms with van der Waals surface area (Å²) < 4.78 is 9.71. The van der Waals surface area contributed by atoms with E-state index in [2.05, 4.69) is 15.5 Å². The molecule has 0 saturated carbocycles. The van der Waals surface area contributed by atoms with Crippen molar-refractivity contribution >= 4 is 34.5 Å². The van der Waals surface area contributed by atoms with E-state index in [0.29, 0.717) is 0 Å². The van der Waals surface area contributed by atoms with Crippen LogP contribution in [0.15, 0.2) is 35.6 Å². The first-order valence-corrected chi connectivity index (χ1v) is 8.89. The van der Waals surface area contributed by atoms with E-state index in [1.54, 1.807) is 20.0 Å².